The molecule has 0 heterocycles. The molecular formula is C19H19FN2O5. The summed E-state index contributed by atoms with van der Waals surface area (Å²) in [6, 6.07) is 12.1. The normalized spacial score (nSPS) is 11.2. The van der Waals surface area contributed by atoms with Gasteiger partial charge in [-0.15, -0.1) is 0 Å². The van der Waals surface area contributed by atoms with Gasteiger partial charge in [0.2, 0.25) is 5.91 Å². The predicted molar refractivity (Wildman–Crippen MR) is 96.8 cm³/mol. The Kier molecular flexibility index (Phi) is 6.87. The number of hydrogen-bond acceptors (Lipinski definition) is 5. The zero-order chi connectivity index (χ0) is 19.8. The maximum Gasteiger partial charge on any atom is 0.344 e. The fourth-order valence-electron chi connectivity index (χ4n) is 2.07. The lowest BCUT2D eigenvalue weighted by atomic mass is 10.2. The Morgan fingerprint density at radius 1 is 1.00 bits per heavy atom. The standard InChI is InChI=1S/C19H19FN2O5/c1-12(27-18(24)11-26-17-6-4-3-5-16(17)20)19(25)22-15-9-7-14(8-10-15)21-13(2)23/h3-10,12H,11H2,1-2H3,(H,21,23)(H,22,25). The number of amides is 2. The second-order valence-corrected chi connectivity index (χ2v) is 5.60. The van der Waals surface area contributed by atoms with Crippen LogP contribution in [0.1, 0.15) is 13.8 Å². The molecule has 0 spiro atoms. The number of carbonyl (C=O) groups is 3. The highest BCUT2D eigenvalue weighted by Crippen LogP contribution is 2.16. The number of halogens is 1. The van der Waals surface area contributed by atoms with Gasteiger partial charge in [-0.1, -0.05) is 12.1 Å². The van der Waals surface area contributed by atoms with E-state index in [2.05, 4.69) is 10.6 Å². The first-order valence-corrected chi connectivity index (χ1v) is 8.10. The van der Waals surface area contributed by atoms with Crippen LogP contribution in [-0.2, 0) is 19.1 Å². The topological polar surface area (TPSA) is 93.7 Å². The summed E-state index contributed by atoms with van der Waals surface area (Å²) >= 11 is 0. The lowest BCUT2D eigenvalue weighted by molar-refractivity contribution is -0.155. The van der Waals surface area contributed by atoms with E-state index in [0.717, 1.165) is 0 Å². The molecule has 0 radical (unpaired) electrons. The number of ether oxygens (including phenoxy) is 2. The van der Waals surface area contributed by atoms with Crippen molar-refractivity contribution in [2.45, 2.75) is 20.0 Å². The van der Waals surface area contributed by atoms with Gasteiger partial charge in [-0.25, -0.2) is 9.18 Å². The lowest BCUT2D eigenvalue weighted by Crippen LogP contribution is -2.31. The molecule has 0 aromatic heterocycles. The van der Waals surface area contributed by atoms with E-state index in [1.54, 1.807) is 30.3 Å². The first kappa shape index (κ1) is 19.9. The summed E-state index contributed by atoms with van der Waals surface area (Å²) in [5.41, 5.74) is 1.06. The Morgan fingerprint density at radius 3 is 2.19 bits per heavy atom. The maximum absolute atomic E-state index is 13.4. The zero-order valence-electron chi connectivity index (χ0n) is 14.8. The largest absolute Gasteiger partial charge is 0.479 e. The maximum atomic E-state index is 13.4. The molecule has 1 atom stereocenters. The Labute approximate surface area is 155 Å². The van der Waals surface area contributed by atoms with E-state index >= 15 is 0 Å². The van der Waals surface area contributed by atoms with Crippen LogP contribution in [-0.4, -0.2) is 30.5 Å². The van der Waals surface area contributed by atoms with Crippen LogP contribution in [0, 0.1) is 5.82 Å². The summed E-state index contributed by atoms with van der Waals surface area (Å²) in [7, 11) is 0. The molecule has 0 aliphatic rings. The van der Waals surface area contributed by atoms with Gasteiger partial charge in [0.25, 0.3) is 5.91 Å². The molecule has 2 aromatic carbocycles. The summed E-state index contributed by atoms with van der Waals surface area (Å²) in [4.78, 5) is 34.8. The second-order valence-electron chi connectivity index (χ2n) is 5.60. The molecule has 7 nitrogen and oxygen atoms in total. The number of anilines is 2. The molecule has 0 saturated heterocycles. The van der Waals surface area contributed by atoms with Crippen molar-refractivity contribution in [3.05, 3.63) is 54.3 Å². The average Bonchev–Trinajstić information content (AvgIpc) is 2.62. The summed E-state index contributed by atoms with van der Waals surface area (Å²) in [6.45, 7) is 2.27. The van der Waals surface area contributed by atoms with Crippen molar-refractivity contribution in [1.82, 2.24) is 0 Å². The molecule has 142 valence electrons. The number of nitrogens with one attached hydrogen (secondary N) is 2. The molecule has 0 saturated carbocycles. The van der Waals surface area contributed by atoms with Gasteiger partial charge in [-0.05, 0) is 43.3 Å². The van der Waals surface area contributed by atoms with Gasteiger partial charge in [-0.2, -0.15) is 0 Å². The van der Waals surface area contributed by atoms with Crippen molar-refractivity contribution in [1.29, 1.82) is 0 Å². The van der Waals surface area contributed by atoms with Crippen molar-refractivity contribution in [3.63, 3.8) is 0 Å². The van der Waals surface area contributed by atoms with E-state index in [0.29, 0.717) is 11.4 Å². The molecule has 1 unspecified atom stereocenters. The minimum Gasteiger partial charge on any atom is -0.479 e. The Balaban J connectivity index is 1.81. The molecule has 0 fully saturated rings. The van der Waals surface area contributed by atoms with Gasteiger partial charge >= 0.3 is 5.97 Å². The third-order valence-electron chi connectivity index (χ3n) is 3.33. The van der Waals surface area contributed by atoms with Gasteiger partial charge in [0.15, 0.2) is 24.3 Å². The quantitative estimate of drug-likeness (QED) is 0.727. The van der Waals surface area contributed by atoms with Crippen LogP contribution in [0.4, 0.5) is 15.8 Å². The molecule has 2 aromatic rings. The van der Waals surface area contributed by atoms with E-state index in [1.807, 2.05) is 0 Å². The summed E-state index contributed by atoms with van der Waals surface area (Å²) in [5.74, 6) is -2.22. The smallest absolute Gasteiger partial charge is 0.344 e. The van der Waals surface area contributed by atoms with Crippen LogP contribution < -0.4 is 15.4 Å². The number of benzene rings is 2. The highest BCUT2D eigenvalue weighted by molar-refractivity contribution is 5.95. The van der Waals surface area contributed by atoms with E-state index in [-0.39, 0.29) is 11.7 Å². The van der Waals surface area contributed by atoms with Crippen LogP contribution in [0.5, 0.6) is 5.75 Å². The molecular weight excluding hydrogens is 355 g/mol. The van der Waals surface area contributed by atoms with Crippen LogP contribution in [0.25, 0.3) is 0 Å². The third kappa shape index (κ3) is 6.43. The predicted octanol–water partition coefficient (Wildman–Crippen LogP) is 2.73. The van der Waals surface area contributed by atoms with E-state index in [9.17, 15) is 18.8 Å². The Bertz CT molecular complexity index is 823. The molecule has 8 heteroatoms. The van der Waals surface area contributed by atoms with Gasteiger partial charge in [0, 0.05) is 18.3 Å². The molecule has 27 heavy (non-hydrogen) atoms. The number of carbonyl (C=O) groups excluding carboxylic acids is 3. The minimum atomic E-state index is -1.07. The molecule has 2 rings (SSSR count). The summed E-state index contributed by atoms with van der Waals surface area (Å²) in [5, 5.41) is 5.18. The van der Waals surface area contributed by atoms with Crippen molar-refractivity contribution < 1.29 is 28.2 Å². The molecule has 0 bridgehead atoms. The number of hydrogen-bond donors (Lipinski definition) is 2. The van der Waals surface area contributed by atoms with Crippen LogP contribution in [0.2, 0.25) is 0 Å². The van der Waals surface area contributed by atoms with Gasteiger partial charge < -0.3 is 20.1 Å². The SMILES string of the molecule is CC(=O)Nc1ccc(NC(=O)C(C)OC(=O)COc2ccccc2F)cc1. The van der Waals surface area contributed by atoms with E-state index < -0.39 is 30.4 Å². The number of rotatable bonds is 7. The second kappa shape index (κ2) is 9.33. The van der Waals surface area contributed by atoms with Crippen molar-refractivity contribution in [2.24, 2.45) is 0 Å². The first-order valence-electron chi connectivity index (χ1n) is 8.10. The molecule has 0 aliphatic carbocycles. The molecule has 2 amide bonds. The van der Waals surface area contributed by atoms with Crippen LogP contribution in [0.3, 0.4) is 0 Å². The Hall–Kier alpha value is -3.42. The fourth-order valence-corrected chi connectivity index (χ4v) is 2.07. The molecule has 2 N–H and O–H groups in total. The van der Waals surface area contributed by atoms with E-state index in [4.69, 9.17) is 9.47 Å². The van der Waals surface area contributed by atoms with Crippen LogP contribution >= 0.6 is 0 Å². The third-order valence-corrected chi connectivity index (χ3v) is 3.33. The lowest BCUT2D eigenvalue weighted by Gasteiger charge is -2.14. The van der Waals surface area contributed by atoms with Crippen LogP contribution in [0.15, 0.2) is 48.5 Å². The number of esters is 1. The summed E-state index contributed by atoms with van der Waals surface area (Å²) in [6.07, 6.45) is -1.07. The average molecular weight is 374 g/mol. The van der Waals surface area contributed by atoms with Gasteiger partial charge in [0.05, 0.1) is 0 Å². The van der Waals surface area contributed by atoms with Gasteiger partial charge in [-0.3, -0.25) is 9.59 Å². The summed E-state index contributed by atoms with van der Waals surface area (Å²) < 4.78 is 23.4. The highest BCUT2D eigenvalue weighted by atomic mass is 19.1. The molecule has 0 aliphatic heterocycles. The van der Waals surface area contributed by atoms with Crippen molar-refractivity contribution in [2.75, 3.05) is 17.2 Å². The Morgan fingerprint density at radius 2 is 1.59 bits per heavy atom. The van der Waals surface area contributed by atoms with Crippen molar-refractivity contribution in [3.8, 4) is 5.75 Å². The van der Waals surface area contributed by atoms with Crippen molar-refractivity contribution >= 4 is 29.2 Å². The first-order chi connectivity index (χ1) is 12.8. The number of para-hydroxylation sites is 1. The monoisotopic (exact) mass is 374 g/mol. The van der Waals surface area contributed by atoms with E-state index in [1.165, 1.54) is 32.0 Å². The highest BCUT2D eigenvalue weighted by Gasteiger charge is 2.18. The van der Waals surface area contributed by atoms with Gasteiger partial charge in [0.1, 0.15) is 0 Å². The zero-order valence-corrected chi connectivity index (χ0v) is 14.8. The minimum absolute atomic E-state index is 0.0779. The fraction of sp³-hybridized carbons (Fsp3) is 0.211.